The van der Waals surface area contributed by atoms with Gasteiger partial charge in [-0.05, 0) is 56.2 Å². The van der Waals surface area contributed by atoms with Gasteiger partial charge in [0.1, 0.15) is 0 Å². The van der Waals surface area contributed by atoms with E-state index in [9.17, 15) is 13.2 Å². The summed E-state index contributed by atoms with van der Waals surface area (Å²) in [5.41, 5.74) is 3.17. The second kappa shape index (κ2) is 6.16. The Bertz CT molecular complexity index is 1090. The lowest BCUT2D eigenvalue weighted by molar-refractivity contribution is 0.385. The van der Waals surface area contributed by atoms with Gasteiger partial charge in [-0.25, -0.2) is 13.2 Å². The van der Waals surface area contributed by atoms with Crippen molar-refractivity contribution in [2.24, 2.45) is 0 Å². The van der Waals surface area contributed by atoms with Crippen molar-refractivity contribution < 1.29 is 12.9 Å². The van der Waals surface area contributed by atoms with Gasteiger partial charge in [-0.2, -0.15) is 0 Å². The Morgan fingerprint density at radius 3 is 2.16 bits per heavy atom. The Kier molecular flexibility index (Phi) is 4.30. The zero-order valence-corrected chi connectivity index (χ0v) is 15.4. The van der Waals surface area contributed by atoms with Crippen LogP contribution in [0.15, 0.2) is 50.6 Å². The van der Waals surface area contributed by atoms with Gasteiger partial charge in [0.2, 0.25) is 5.82 Å². The van der Waals surface area contributed by atoms with Gasteiger partial charge in [0.15, 0.2) is 0 Å². The van der Waals surface area contributed by atoms with Crippen LogP contribution in [0.2, 0.25) is 5.02 Å². The molecule has 0 N–H and O–H groups in total. The molecule has 25 heavy (non-hydrogen) atoms. The van der Waals surface area contributed by atoms with E-state index in [1.54, 1.807) is 0 Å². The molecule has 0 atom stereocenters. The third-order valence-electron chi connectivity index (χ3n) is 3.82. The number of hydrogen-bond donors (Lipinski definition) is 0. The summed E-state index contributed by atoms with van der Waals surface area (Å²) in [4.78, 5) is 12.0. The van der Waals surface area contributed by atoms with Crippen LogP contribution >= 0.6 is 11.6 Å². The first-order valence-corrected chi connectivity index (χ1v) is 9.21. The van der Waals surface area contributed by atoms with E-state index >= 15 is 0 Å². The van der Waals surface area contributed by atoms with Gasteiger partial charge >= 0.3 is 5.76 Å². The van der Waals surface area contributed by atoms with Crippen molar-refractivity contribution in [3.05, 3.63) is 68.7 Å². The fourth-order valence-corrected chi connectivity index (χ4v) is 4.25. The van der Waals surface area contributed by atoms with Crippen LogP contribution in [0.3, 0.4) is 0 Å². The van der Waals surface area contributed by atoms with Crippen LogP contribution in [0.4, 0.5) is 0 Å². The summed E-state index contributed by atoms with van der Waals surface area (Å²) < 4.78 is 31.1. The summed E-state index contributed by atoms with van der Waals surface area (Å²) in [6, 6.07) is 9.32. The molecule has 0 saturated heterocycles. The van der Waals surface area contributed by atoms with Gasteiger partial charge in [-0.1, -0.05) is 34.5 Å². The van der Waals surface area contributed by atoms with Crippen molar-refractivity contribution in [3.8, 4) is 11.4 Å². The van der Waals surface area contributed by atoms with Crippen molar-refractivity contribution >= 4 is 21.6 Å². The highest BCUT2D eigenvalue weighted by molar-refractivity contribution is 7.90. The monoisotopic (exact) mass is 378 g/mol. The molecule has 0 saturated carbocycles. The van der Waals surface area contributed by atoms with Gasteiger partial charge in [-0.3, -0.25) is 4.52 Å². The number of aryl methyl sites for hydroxylation is 3. The van der Waals surface area contributed by atoms with E-state index in [4.69, 9.17) is 11.6 Å². The van der Waals surface area contributed by atoms with Gasteiger partial charge in [0.25, 0.3) is 10.0 Å². The molecular formula is C17H15ClN2O4S. The fraction of sp³-hybridized carbons (Fsp3) is 0.176. The summed E-state index contributed by atoms with van der Waals surface area (Å²) in [7, 11) is -4.18. The molecule has 0 aliphatic rings. The minimum atomic E-state index is -4.18. The molecule has 6 nitrogen and oxygen atoms in total. The van der Waals surface area contributed by atoms with Crippen LogP contribution in [0.1, 0.15) is 16.7 Å². The Labute approximate surface area is 149 Å². The van der Waals surface area contributed by atoms with E-state index in [2.05, 4.69) is 9.68 Å². The summed E-state index contributed by atoms with van der Waals surface area (Å²) in [5, 5.41) is 4.11. The van der Waals surface area contributed by atoms with Crippen molar-refractivity contribution in [1.29, 1.82) is 0 Å². The summed E-state index contributed by atoms with van der Waals surface area (Å²) in [6.45, 7) is 5.59. The number of nitrogens with zero attached hydrogens (tertiary/aromatic N) is 2. The zero-order chi connectivity index (χ0) is 18.4. The second-order valence-electron chi connectivity index (χ2n) is 5.77. The fourth-order valence-electron chi connectivity index (χ4n) is 2.85. The maximum Gasteiger partial charge on any atom is 0.456 e. The van der Waals surface area contributed by atoms with Gasteiger partial charge < -0.3 is 0 Å². The van der Waals surface area contributed by atoms with Crippen molar-refractivity contribution in [1.82, 2.24) is 9.13 Å². The molecule has 1 heterocycles. The molecule has 8 heteroatoms. The van der Waals surface area contributed by atoms with E-state index in [-0.39, 0.29) is 10.7 Å². The third kappa shape index (κ3) is 3.01. The zero-order valence-electron chi connectivity index (χ0n) is 13.8. The first-order valence-electron chi connectivity index (χ1n) is 7.40. The molecule has 0 aliphatic heterocycles. The van der Waals surface area contributed by atoms with Gasteiger partial charge in [-0.15, -0.1) is 3.97 Å². The molecule has 1 aromatic heterocycles. The lowest BCUT2D eigenvalue weighted by atomic mass is 9.99. The van der Waals surface area contributed by atoms with Crippen molar-refractivity contribution in [2.45, 2.75) is 25.7 Å². The summed E-state index contributed by atoms with van der Waals surface area (Å²) in [5.74, 6) is -1.11. The van der Waals surface area contributed by atoms with E-state index < -0.39 is 15.8 Å². The average Bonchev–Trinajstić information content (AvgIpc) is 2.89. The van der Waals surface area contributed by atoms with Crippen LogP contribution < -0.4 is 5.76 Å². The van der Waals surface area contributed by atoms with E-state index in [0.29, 0.717) is 14.6 Å². The second-order valence-corrected chi connectivity index (χ2v) is 7.99. The molecule has 0 spiro atoms. The topological polar surface area (TPSA) is 82.2 Å². The van der Waals surface area contributed by atoms with Crippen LogP contribution in [0, 0.1) is 20.8 Å². The smallest absolute Gasteiger partial charge is 0.295 e. The average molecular weight is 379 g/mol. The van der Waals surface area contributed by atoms with Crippen LogP contribution in [-0.2, 0) is 10.0 Å². The molecule has 0 radical (unpaired) electrons. The number of hydrogen-bond acceptors (Lipinski definition) is 5. The lowest BCUT2D eigenvalue weighted by Gasteiger charge is -2.11. The molecule has 0 bridgehead atoms. The molecule has 0 amide bonds. The van der Waals surface area contributed by atoms with Crippen LogP contribution in [-0.4, -0.2) is 17.5 Å². The minimum absolute atomic E-state index is 0.0463. The number of rotatable bonds is 3. The molecule has 3 aromatic rings. The SMILES string of the molecule is Cc1cc(C)c(-c2noc(=O)n2S(=O)(=O)c2ccc(Cl)cc2)c(C)c1. The van der Waals surface area contributed by atoms with Crippen LogP contribution in [0.5, 0.6) is 0 Å². The predicted molar refractivity (Wildman–Crippen MR) is 94.4 cm³/mol. The Morgan fingerprint density at radius 1 is 1.04 bits per heavy atom. The molecular weight excluding hydrogens is 364 g/mol. The van der Waals surface area contributed by atoms with Crippen molar-refractivity contribution in [3.63, 3.8) is 0 Å². The number of aromatic nitrogens is 2. The number of halogens is 1. The van der Waals surface area contributed by atoms with Crippen molar-refractivity contribution in [2.75, 3.05) is 0 Å². The normalized spacial score (nSPS) is 11.7. The third-order valence-corrected chi connectivity index (χ3v) is 5.74. The Balaban J connectivity index is 2.29. The Hall–Kier alpha value is -2.38. The van der Waals surface area contributed by atoms with Gasteiger partial charge in [0, 0.05) is 10.6 Å². The highest BCUT2D eigenvalue weighted by Crippen LogP contribution is 2.28. The van der Waals surface area contributed by atoms with Crippen LogP contribution in [0.25, 0.3) is 11.4 Å². The van der Waals surface area contributed by atoms with E-state index in [1.807, 2.05) is 32.9 Å². The lowest BCUT2D eigenvalue weighted by Crippen LogP contribution is -2.25. The number of benzene rings is 2. The molecule has 0 aliphatic carbocycles. The Morgan fingerprint density at radius 2 is 1.60 bits per heavy atom. The first kappa shape index (κ1) is 17.4. The molecule has 130 valence electrons. The minimum Gasteiger partial charge on any atom is -0.295 e. The molecule has 0 fully saturated rings. The maximum atomic E-state index is 12.9. The van der Waals surface area contributed by atoms with E-state index in [1.165, 1.54) is 24.3 Å². The molecule has 2 aromatic carbocycles. The van der Waals surface area contributed by atoms with Gasteiger partial charge in [0.05, 0.1) is 4.90 Å². The highest BCUT2D eigenvalue weighted by atomic mass is 35.5. The van der Waals surface area contributed by atoms with E-state index in [0.717, 1.165) is 16.7 Å². The first-order chi connectivity index (χ1) is 11.7. The maximum absolute atomic E-state index is 12.9. The quantitative estimate of drug-likeness (QED) is 0.698. The molecule has 3 rings (SSSR count). The highest BCUT2D eigenvalue weighted by Gasteiger charge is 2.28. The molecule has 0 unspecified atom stereocenters. The largest absolute Gasteiger partial charge is 0.456 e. The predicted octanol–water partition coefficient (Wildman–Crippen LogP) is 3.32. The standard InChI is InChI=1S/C17H15ClN2O4S/c1-10-8-11(2)15(12(3)9-10)16-19-24-17(21)20(16)25(22,23)14-6-4-13(18)5-7-14/h4-9H,1-3H3. The summed E-state index contributed by atoms with van der Waals surface area (Å²) in [6.07, 6.45) is 0. The summed E-state index contributed by atoms with van der Waals surface area (Å²) >= 11 is 5.81.